The van der Waals surface area contributed by atoms with Gasteiger partial charge in [0.25, 0.3) is 0 Å². The van der Waals surface area contributed by atoms with Gasteiger partial charge in [-0.05, 0) is 24.3 Å². The zero-order valence-corrected chi connectivity index (χ0v) is 13.1. The smallest absolute Gasteiger partial charge is 0.315 e. The second-order valence-electron chi connectivity index (χ2n) is 6.12. The van der Waals surface area contributed by atoms with Gasteiger partial charge in [-0.15, -0.1) is 0 Å². The number of aryl methyl sites for hydroxylation is 1. The largest absolute Gasteiger partial charge is 0.393 e. The Morgan fingerprint density at radius 2 is 2.13 bits per heavy atom. The molecule has 3 rings (SSSR count). The van der Waals surface area contributed by atoms with Crippen molar-refractivity contribution in [3.63, 3.8) is 0 Å². The molecule has 2 aromatic rings. The van der Waals surface area contributed by atoms with Gasteiger partial charge in [0, 0.05) is 25.4 Å². The monoisotopic (exact) mass is 314 g/mol. The molecule has 0 bridgehead atoms. The Morgan fingerprint density at radius 3 is 2.74 bits per heavy atom. The van der Waals surface area contributed by atoms with Gasteiger partial charge in [-0.25, -0.2) is 4.79 Å². The number of hydrogen-bond acceptors (Lipinski definition) is 3. The summed E-state index contributed by atoms with van der Waals surface area (Å²) < 4.78 is 1.72. The minimum absolute atomic E-state index is 0.122. The van der Waals surface area contributed by atoms with Crippen molar-refractivity contribution in [1.29, 1.82) is 0 Å². The van der Waals surface area contributed by atoms with E-state index in [2.05, 4.69) is 15.7 Å². The van der Waals surface area contributed by atoms with E-state index in [0.29, 0.717) is 19.4 Å². The van der Waals surface area contributed by atoms with Crippen molar-refractivity contribution in [3.8, 4) is 0 Å². The van der Waals surface area contributed by atoms with E-state index in [1.54, 1.807) is 10.9 Å². The Bertz CT molecular complexity index is 650. The van der Waals surface area contributed by atoms with Crippen LogP contribution in [0.25, 0.3) is 0 Å². The summed E-state index contributed by atoms with van der Waals surface area (Å²) in [5, 5.41) is 19.6. The van der Waals surface area contributed by atoms with Crippen LogP contribution in [0.1, 0.15) is 30.0 Å². The van der Waals surface area contributed by atoms with E-state index in [0.717, 1.165) is 11.1 Å². The summed E-state index contributed by atoms with van der Waals surface area (Å²) in [7, 11) is 1.85. The highest BCUT2D eigenvalue weighted by Crippen LogP contribution is 2.37. The minimum Gasteiger partial charge on any atom is -0.393 e. The van der Waals surface area contributed by atoms with E-state index < -0.39 is 0 Å². The van der Waals surface area contributed by atoms with Gasteiger partial charge < -0.3 is 15.7 Å². The van der Waals surface area contributed by atoms with Crippen molar-refractivity contribution in [2.45, 2.75) is 31.5 Å². The van der Waals surface area contributed by atoms with Crippen LogP contribution in [0.2, 0.25) is 0 Å². The molecular formula is C17H22N4O2. The van der Waals surface area contributed by atoms with Crippen molar-refractivity contribution in [2.75, 3.05) is 0 Å². The molecule has 1 aliphatic rings. The second-order valence-corrected chi connectivity index (χ2v) is 6.12. The quantitative estimate of drug-likeness (QED) is 0.786. The number of hydrogen-bond donors (Lipinski definition) is 3. The van der Waals surface area contributed by atoms with Crippen molar-refractivity contribution in [1.82, 2.24) is 20.4 Å². The third-order valence-electron chi connectivity index (χ3n) is 4.29. The number of aromatic nitrogens is 2. The number of nitrogens with one attached hydrogen (secondary N) is 2. The summed E-state index contributed by atoms with van der Waals surface area (Å²) in [6.07, 6.45) is 4.84. The molecule has 1 aromatic carbocycles. The Morgan fingerprint density at radius 1 is 1.39 bits per heavy atom. The van der Waals surface area contributed by atoms with E-state index in [4.69, 9.17) is 0 Å². The van der Waals surface area contributed by atoms with Crippen molar-refractivity contribution >= 4 is 6.03 Å². The molecule has 3 N–H and O–H groups in total. The number of benzene rings is 1. The number of amides is 2. The van der Waals surface area contributed by atoms with E-state index in [9.17, 15) is 9.90 Å². The number of aliphatic hydroxyl groups excluding tert-OH is 1. The SMILES string of the molecule is Cn1cc([C@H](NC(=O)NCc2ccccc2)C2CC(O)C2)cn1. The third-order valence-corrected chi connectivity index (χ3v) is 4.29. The van der Waals surface area contributed by atoms with E-state index in [1.807, 2.05) is 43.6 Å². The number of rotatable bonds is 5. The zero-order valence-electron chi connectivity index (χ0n) is 13.1. The van der Waals surface area contributed by atoms with Gasteiger partial charge in [0.15, 0.2) is 0 Å². The lowest BCUT2D eigenvalue weighted by Crippen LogP contribution is -2.44. The van der Waals surface area contributed by atoms with Crippen molar-refractivity contribution in [3.05, 3.63) is 53.9 Å². The van der Waals surface area contributed by atoms with Crippen LogP contribution in [-0.2, 0) is 13.6 Å². The average Bonchev–Trinajstić information content (AvgIpc) is 2.95. The molecule has 1 aliphatic carbocycles. The fourth-order valence-electron chi connectivity index (χ4n) is 2.95. The second kappa shape index (κ2) is 6.83. The molecule has 0 unspecified atom stereocenters. The Kier molecular flexibility index (Phi) is 4.62. The van der Waals surface area contributed by atoms with Gasteiger partial charge in [-0.1, -0.05) is 30.3 Å². The molecule has 1 heterocycles. The highest BCUT2D eigenvalue weighted by atomic mass is 16.3. The van der Waals surface area contributed by atoms with Crippen LogP contribution in [-0.4, -0.2) is 27.0 Å². The van der Waals surface area contributed by atoms with Gasteiger partial charge in [-0.3, -0.25) is 4.68 Å². The lowest BCUT2D eigenvalue weighted by molar-refractivity contribution is 0.0259. The van der Waals surface area contributed by atoms with Gasteiger partial charge in [0.1, 0.15) is 0 Å². The first-order valence-electron chi connectivity index (χ1n) is 7.86. The molecule has 23 heavy (non-hydrogen) atoms. The first kappa shape index (κ1) is 15.6. The molecular weight excluding hydrogens is 292 g/mol. The first-order chi connectivity index (χ1) is 11.1. The molecule has 1 aromatic heterocycles. The highest BCUT2D eigenvalue weighted by Gasteiger charge is 2.36. The summed E-state index contributed by atoms with van der Waals surface area (Å²) in [5.74, 6) is 0.247. The molecule has 6 nitrogen and oxygen atoms in total. The molecule has 1 fully saturated rings. The van der Waals surface area contributed by atoms with Crippen LogP contribution in [0, 0.1) is 5.92 Å². The average molecular weight is 314 g/mol. The summed E-state index contributed by atoms with van der Waals surface area (Å²) >= 11 is 0. The standard InChI is InChI=1S/C17H22N4O2/c1-21-11-14(10-19-21)16(13-7-15(22)8-13)20-17(23)18-9-12-5-3-2-4-6-12/h2-6,10-11,13,15-16,22H,7-9H2,1H3,(H2,18,20,23)/t13?,15?,16-/m1/s1. The number of carbonyl (C=O) groups excluding carboxylic acids is 1. The maximum absolute atomic E-state index is 12.2. The predicted molar refractivity (Wildman–Crippen MR) is 86.5 cm³/mol. The molecule has 0 aliphatic heterocycles. The predicted octanol–water partition coefficient (Wildman–Crippen LogP) is 1.73. The Balaban J connectivity index is 1.60. The fraction of sp³-hybridized carbons (Fsp3) is 0.412. The fourth-order valence-corrected chi connectivity index (χ4v) is 2.95. The number of aliphatic hydroxyl groups is 1. The molecule has 0 radical (unpaired) electrons. The highest BCUT2D eigenvalue weighted by molar-refractivity contribution is 5.74. The van der Waals surface area contributed by atoms with Crippen molar-refractivity contribution < 1.29 is 9.90 Å². The lowest BCUT2D eigenvalue weighted by atomic mass is 9.75. The molecule has 0 spiro atoms. The summed E-state index contributed by atoms with van der Waals surface area (Å²) in [6.45, 7) is 0.486. The molecule has 1 atom stereocenters. The summed E-state index contributed by atoms with van der Waals surface area (Å²) in [5.41, 5.74) is 2.03. The van der Waals surface area contributed by atoms with E-state index in [-0.39, 0.29) is 24.1 Å². The summed E-state index contributed by atoms with van der Waals surface area (Å²) in [4.78, 5) is 12.2. The van der Waals surface area contributed by atoms with Crippen molar-refractivity contribution in [2.24, 2.45) is 13.0 Å². The van der Waals surface area contributed by atoms with Gasteiger partial charge in [0.2, 0.25) is 0 Å². The number of nitrogens with zero attached hydrogens (tertiary/aromatic N) is 2. The Hall–Kier alpha value is -2.34. The molecule has 1 saturated carbocycles. The number of urea groups is 1. The minimum atomic E-state index is -0.256. The molecule has 0 saturated heterocycles. The topological polar surface area (TPSA) is 79.2 Å². The molecule has 2 amide bonds. The number of carbonyl (C=O) groups is 1. The van der Waals surface area contributed by atoms with Crippen LogP contribution in [0.5, 0.6) is 0 Å². The van der Waals surface area contributed by atoms with Crippen LogP contribution in [0.4, 0.5) is 4.79 Å². The lowest BCUT2D eigenvalue weighted by Gasteiger charge is -2.37. The van der Waals surface area contributed by atoms with Crippen LogP contribution < -0.4 is 10.6 Å². The van der Waals surface area contributed by atoms with Crippen LogP contribution >= 0.6 is 0 Å². The van der Waals surface area contributed by atoms with E-state index >= 15 is 0 Å². The third kappa shape index (κ3) is 3.90. The van der Waals surface area contributed by atoms with Crippen LogP contribution in [0.15, 0.2) is 42.7 Å². The Labute approximate surface area is 135 Å². The first-order valence-corrected chi connectivity index (χ1v) is 7.86. The van der Waals surface area contributed by atoms with E-state index in [1.165, 1.54) is 0 Å². The molecule has 122 valence electrons. The molecule has 6 heteroatoms. The maximum Gasteiger partial charge on any atom is 0.315 e. The van der Waals surface area contributed by atoms with Crippen LogP contribution in [0.3, 0.4) is 0 Å². The maximum atomic E-state index is 12.2. The van der Waals surface area contributed by atoms with Gasteiger partial charge in [0.05, 0.1) is 18.3 Å². The normalized spacial score (nSPS) is 21.3. The summed E-state index contributed by atoms with van der Waals surface area (Å²) in [6, 6.07) is 9.46. The van der Waals surface area contributed by atoms with Gasteiger partial charge >= 0.3 is 6.03 Å². The van der Waals surface area contributed by atoms with Gasteiger partial charge in [-0.2, -0.15) is 5.10 Å². The zero-order chi connectivity index (χ0) is 16.2.